The van der Waals surface area contributed by atoms with Crippen LogP contribution in [0.1, 0.15) is 16.9 Å². The minimum Gasteiger partial charge on any atom is -0.496 e. The van der Waals surface area contributed by atoms with Crippen molar-refractivity contribution < 1.29 is 9.53 Å². The van der Waals surface area contributed by atoms with Crippen LogP contribution in [-0.2, 0) is 11.3 Å². The Labute approximate surface area is 153 Å². The maximum Gasteiger partial charge on any atom is 0.329 e. The summed E-state index contributed by atoms with van der Waals surface area (Å²) in [4.78, 5) is 40.4. The van der Waals surface area contributed by atoms with Crippen LogP contribution in [0.2, 0.25) is 0 Å². The quantitative estimate of drug-likeness (QED) is 0.712. The molecule has 0 aliphatic heterocycles. The maximum absolute atomic E-state index is 13.0. The Kier molecular flexibility index (Phi) is 4.69. The van der Waals surface area contributed by atoms with Gasteiger partial charge in [0.25, 0.3) is 5.56 Å². The van der Waals surface area contributed by atoms with Crippen LogP contribution in [-0.4, -0.2) is 22.6 Å². The fraction of sp³-hybridized carbons (Fsp3) is 0.278. The summed E-state index contributed by atoms with van der Waals surface area (Å²) in [5.41, 5.74) is 6.72. The molecule has 2 aromatic heterocycles. The van der Waals surface area contributed by atoms with Crippen molar-refractivity contribution in [1.29, 1.82) is 0 Å². The van der Waals surface area contributed by atoms with Crippen LogP contribution in [0.3, 0.4) is 0 Å². The van der Waals surface area contributed by atoms with Gasteiger partial charge >= 0.3 is 5.69 Å². The fourth-order valence-electron chi connectivity index (χ4n) is 3.00. The summed E-state index contributed by atoms with van der Waals surface area (Å²) in [6.45, 7) is 3.80. The van der Waals surface area contributed by atoms with Gasteiger partial charge in [-0.15, -0.1) is 11.3 Å². The number of hydrogen-bond donors (Lipinski definition) is 2. The molecule has 0 atom stereocenters. The van der Waals surface area contributed by atoms with Gasteiger partial charge in [0, 0.05) is 29.0 Å². The van der Waals surface area contributed by atoms with Crippen molar-refractivity contribution in [2.45, 2.75) is 26.8 Å². The first-order valence-electron chi connectivity index (χ1n) is 8.03. The van der Waals surface area contributed by atoms with Gasteiger partial charge in [0.05, 0.1) is 12.5 Å². The Morgan fingerprint density at radius 3 is 2.69 bits per heavy atom. The Hall–Kier alpha value is -2.87. The topological polar surface area (TPSA) is 107 Å². The number of H-pyrrole nitrogens is 1. The van der Waals surface area contributed by atoms with Crippen molar-refractivity contribution in [3.05, 3.63) is 49.5 Å². The first kappa shape index (κ1) is 17.9. The average molecular weight is 373 g/mol. The summed E-state index contributed by atoms with van der Waals surface area (Å²) in [7, 11) is 1.57. The van der Waals surface area contributed by atoms with Crippen LogP contribution < -0.4 is 21.7 Å². The number of rotatable bonds is 5. The summed E-state index contributed by atoms with van der Waals surface area (Å²) >= 11 is 1.34. The van der Waals surface area contributed by atoms with Crippen LogP contribution in [0.15, 0.2) is 27.8 Å². The molecular formula is C18H19N3O4S. The second-order valence-corrected chi connectivity index (χ2v) is 7.27. The largest absolute Gasteiger partial charge is 0.496 e. The second kappa shape index (κ2) is 6.80. The first-order chi connectivity index (χ1) is 12.3. The molecule has 3 rings (SSSR count). The number of carbonyl (C=O) groups is 1. The number of nitrogens with one attached hydrogen (secondary N) is 1. The van der Waals surface area contributed by atoms with E-state index < -0.39 is 17.2 Å². The number of thiophene rings is 1. The molecule has 3 aromatic rings. The maximum atomic E-state index is 13.0. The number of aromatic amines is 1. The van der Waals surface area contributed by atoms with E-state index in [4.69, 9.17) is 10.5 Å². The van der Waals surface area contributed by atoms with Crippen LogP contribution >= 0.6 is 11.3 Å². The highest BCUT2D eigenvalue weighted by Crippen LogP contribution is 2.40. The van der Waals surface area contributed by atoms with Crippen molar-refractivity contribution in [2.24, 2.45) is 5.73 Å². The smallest absolute Gasteiger partial charge is 0.329 e. The van der Waals surface area contributed by atoms with E-state index in [9.17, 15) is 14.4 Å². The summed E-state index contributed by atoms with van der Waals surface area (Å²) in [5, 5.41) is 0.417. The average Bonchev–Trinajstić information content (AvgIpc) is 2.90. The first-order valence-corrected chi connectivity index (χ1v) is 8.84. The number of aromatic nitrogens is 2. The third kappa shape index (κ3) is 3.03. The SMILES string of the molecule is COc1ccc(C)cc1-c1c(C)sc2[nH]c(=O)n(CCC(N)=O)c(=O)c12. The van der Waals surface area contributed by atoms with E-state index in [1.807, 2.05) is 32.0 Å². The molecule has 2 heterocycles. The van der Waals surface area contributed by atoms with Crippen LogP contribution in [0, 0.1) is 13.8 Å². The fourth-order valence-corrected chi connectivity index (χ4v) is 4.05. The number of nitrogens with two attached hydrogens (primary N) is 1. The Morgan fingerprint density at radius 1 is 1.31 bits per heavy atom. The number of fused-ring (bicyclic) bond motifs is 1. The van der Waals surface area contributed by atoms with Gasteiger partial charge in [0.2, 0.25) is 5.91 Å². The number of amides is 1. The lowest BCUT2D eigenvalue weighted by Gasteiger charge is -2.10. The molecule has 1 aromatic carbocycles. The molecule has 7 nitrogen and oxygen atoms in total. The monoisotopic (exact) mass is 373 g/mol. The number of primary amides is 1. The molecule has 0 bridgehead atoms. The number of methoxy groups -OCH3 is 1. The number of nitrogens with zero attached hydrogens (tertiary/aromatic N) is 1. The molecule has 1 amide bonds. The van der Waals surface area contributed by atoms with Gasteiger partial charge in [0.1, 0.15) is 10.6 Å². The zero-order valence-electron chi connectivity index (χ0n) is 14.7. The van der Waals surface area contributed by atoms with Gasteiger partial charge in [-0.25, -0.2) is 4.79 Å². The van der Waals surface area contributed by atoms with E-state index >= 15 is 0 Å². The van der Waals surface area contributed by atoms with Crippen molar-refractivity contribution in [3.8, 4) is 16.9 Å². The number of hydrogen-bond acceptors (Lipinski definition) is 5. The van der Waals surface area contributed by atoms with Crippen molar-refractivity contribution >= 4 is 27.5 Å². The Morgan fingerprint density at radius 2 is 2.04 bits per heavy atom. The third-order valence-electron chi connectivity index (χ3n) is 4.22. The normalized spacial score (nSPS) is 11.0. The molecule has 26 heavy (non-hydrogen) atoms. The minimum absolute atomic E-state index is 0.0568. The second-order valence-electron chi connectivity index (χ2n) is 6.04. The van der Waals surface area contributed by atoms with E-state index in [1.165, 1.54) is 11.3 Å². The molecule has 0 saturated heterocycles. The van der Waals surface area contributed by atoms with Gasteiger partial charge < -0.3 is 10.5 Å². The standard InChI is InChI=1S/C18H19N3O4S/c1-9-4-5-12(25-3)11(8-9)14-10(2)26-16-15(14)17(23)21(18(24)20-16)7-6-13(19)22/h4-5,8H,6-7H2,1-3H3,(H2,19,22)(H,20,24). The van der Waals surface area contributed by atoms with Gasteiger partial charge in [0.15, 0.2) is 0 Å². The van der Waals surface area contributed by atoms with Gasteiger partial charge in [-0.05, 0) is 26.0 Å². The molecule has 0 saturated carbocycles. The van der Waals surface area contributed by atoms with Crippen LogP contribution in [0.5, 0.6) is 5.75 Å². The molecule has 0 spiro atoms. The number of aryl methyl sites for hydroxylation is 2. The molecule has 0 unspecified atom stereocenters. The van der Waals surface area contributed by atoms with Gasteiger partial charge in [-0.3, -0.25) is 19.1 Å². The lowest BCUT2D eigenvalue weighted by Crippen LogP contribution is -2.36. The number of carbonyl (C=O) groups excluding carboxylic acids is 1. The van der Waals surface area contributed by atoms with Crippen molar-refractivity contribution in [1.82, 2.24) is 9.55 Å². The van der Waals surface area contributed by atoms with Gasteiger partial charge in [-0.2, -0.15) is 0 Å². The van der Waals surface area contributed by atoms with E-state index in [-0.39, 0.29) is 13.0 Å². The molecule has 0 radical (unpaired) electrons. The lowest BCUT2D eigenvalue weighted by atomic mass is 10.0. The molecule has 0 aliphatic rings. The molecular weight excluding hydrogens is 354 g/mol. The predicted octanol–water partition coefficient (Wildman–Crippen LogP) is 1.92. The number of benzene rings is 1. The Bertz CT molecular complexity index is 1120. The molecule has 8 heteroatoms. The minimum atomic E-state index is -0.571. The lowest BCUT2D eigenvalue weighted by molar-refractivity contribution is -0.118. The van der Waals surface area contributed by atoms with Gasteiger partial charge in [-0.1, -0.05) is 11.6 Å². The molecule has 0 fully saturated rings. The molecule has 136 valence electrons. The van der Waals surface area contributed by atoms with Crippen LogP contribution in [0.25, 0.3) is 21.3 Å². The van der Waals surface area contributed by atoms with Crippen LogP contribution in [0.4, 0.5) is 0 Å². The van der Waals surface area contributed by atoms with Crippen molar-refractivity contribution in [3.63, 3.8) is 0 Å². The van der Waals surface area contributed by atoms with E-state index in [2.05, 4.69) is 4.98 Å². The summed E-state index contributed by atoms with van der Waals surface area (Å²) in [6.07, 6.45) is -0.0826. The summed E-state index contributed by atoms with van der Waals surface area (Å²) in [5.74, 6) is 0.0751. The zero-order valence-corrected chi connectivity index (χ0v) is 15.5. The predicted molar refractivity (Wildman–Crippen MR) is 102 cm³/mol. The Balaban J connectivity index is 2.34. The zero-order chi connectivity index (χ0) is 19.0. The third-order valence-corrected chi connectivity index (χ3v) is 5.24. The van der Waals surface area contributed by atoms with E-state index in [0.29, 0.717) is 16.0 Å². The van der Waals surface area contributed by atoms with E-state index in [1.54, 1.807) is 7.11 Å². The summed E-state index contributed by atoms with van der Waals surface area (Å²) in [6, 6.07) is 5.73. The van der Waals surface area contributed by atoms with E-state index in [0.717, 1.165) is 26.1 Å². The van der Waals surface area contributed by atoms with Crippen molar-refractivity contribution in [2.75, 3.05) is 7.11 Å². The highest BCUT2D eigenvalue weighted by molar-refractivity contribution is 7.19. The molecule has 3 N–H and O–H groups in total. The number of ether oxygens (including phenoxy) is 1. The highest BCUT2D eigenvalue weighted by Gasteiger charge is 2.20. The molecule has 0 aliphatic carbocycles. The summed E-state index contributed by atoms with van der Waals surface area (Å²) < 4.78 is 6.48. The highest BCUT2D eigenvalue weighted by atomic mass is 32.1.